The normalized spacial score (nSPS) is 10.7. The smallest absolute Gasteiger partial charge is 0.338 e. The van der Waals surface area contributed by atoms with E-state index in [4.69, 9.17) is 4.74 Å². The van der Waals surface area contributed by atoms with Gasteiger partial charge in [0.1, 0.15) is 0 Å². The number of hydrogen-bond donors (Lipinski definition) is 2. The minimum Gasteiger partial charge on any atom is -0.465 e. The summed E-state index contributed by atoms with van der Waals surface area (Å²) in [7, 11) is 1.27. The van der Waals surface area contributed by atoms with Crippen LogP contribution in [0.1, 0.15) is 47.1 Å². The highest BCUT2D eigenvalue weighted by Gasteiger charge is 2.21. The van der Waals surface area contributed by atoms with Crippen molar-refractivity contribution in [2.45, 2.75) is 27.7 Å². The Morgan fingerprint density at radius 3 is 2.23 bits per heavy atom. The molecule has 0 heterocycles. The van der Waals surface area contributed by atoms with Gasteiger partial charge in [0.2, 0.25) is 5.91 Å². The predicted octanol–water partition coefficient (Wildman–Crippen LogP) is 3.56. The predicted molar refractivity (Wildman–Crippen MR) is 116 cm³/mol. The van der Waals surface area contributed by atoms with E-state index >= 15 is 0 Å². The molecule has 0 spiro atoms. The monoisotopic (exact) mass is 426 g/mol. The lowest BCUT2D eigenvalue weighted by atomic mass is 9.95. The molecule has 0 aliphatic carbocycles. The molecule has 8 nitrogen and oxygen atoms in total. The van der Waals surface area contributed by atoms with Gasteiger partial charge in [-0.2, -0.15) is 0 Å². The van der Waals surface area contributed by atoms with Crippen molar-refractivity contribution in [2.24, 2.45) is 5.41 Å². The van der Waals surface area contributed by atoms with Crippen molar-refractivity contribution in [2.75, 3.05) is 24.4 Å². The zero-order valence-electron chi connectivity index (χ0n) is 18.2. The van der Waals surface area contributed by atoms with Crippen LogP contribution in [0, 0.1) is 12.3 Å². The van der Waals surface area contributed by atoms with Crippen LogP contribution in [0.15, 0.2) is 42.5 Å². The molecule has 164 valence electrons. The van der Waals surface area contributed by atoms with E-state index in [9.17, 15) is 19.2 Å². The average molecular weight is 426 g/mol. The molecule has 31 heavy (non-hydrogen) atoms. The molecule has 2 N–H and O–H groups in total. The Morgan fingerprint density at radius 1 is 0.903 bits per heavy atom. The summed E-state index contributed by atoms with van der Waals surface area (Å²) < 4.78 is 9.74. The molecule has 2 aromatic carbocycles. The molecule has 0 aromatic heterocycles. The second-order valence-electron chi connectivity index (χ2n) is 7.93. The van der Waals surface area contributed by atoms with Crippen LogP contribution in [-0.2, 0) is 19.1 Å². The van der Waals surface area contributed by atoms with Crippen LogP contribution >= 0.6 is 0 Å². The Hall–Kier alpha value is -3.68. The highest BCUT2D eigenvalue weighted by atomic mass is 16.5. The third-order valence-electron chi connectivity index (χ3n) is 4.30. The molecule has 0 aliphatic heterocycles. The van der Waals surface area contributed by atoms with Crippen molar-refractivity contribution >= 4 is 35.1 Å². The minimum atomic E-state index is -0.706. The first-order valence-corrected chi connectivity index (χ1v) is 9.58. The van der Waals surface area contributed by atoms with Crippen LogP contribution < -0.4 is 10.6 Å². The molecule has 0 saturated heterocycles. The van der Waals surface area contributed by atoms with E-state index in [0.717, 1.165) is 5.56 Å². The van der Waals surface area contributed by atoms with Gasteiger partial charge in [0.15, 0.2) is 6.61 Å². The lowest BCUT2D eigenvalue weighted by molar-refractivity contribution is -0.123. The van der Waals surface area contributed by atoms with Gasteiger partial charge in [0.25, 0.3) is 5.91 Å². The van der Waals surface area contributed by atoms with Gasteiger partial charge in [-0.3, -0.25) is 9.59 Å². The summed E-state index contributed by atoms with van der Waals surface area (Å²) in [5.41, 5.74) is 1.50. The summed E-state index contributed by atoms with van der Waals surface area (Å²) in [5, 5.41) is 5.35. The number of anilines is 2. The number of carbonyl (C=O) groups is 4. The lowest BCUT2D eigenvalue weighted by Crippen LogP contribution is -2.27. The summed E-state index contributed by atoms with van der Waals surface area (Å²) in [6, 6.07) is 11.0. The first-order chi connectivity index (χ1) is 14.5. The van der Waals surface area contributed by atoms with Gasteiger partial charge in [-0.15, -0.1) is 0 Å². The maximum absolute atomic E-state index is 12.3. The molecule has 0 radical (unpaired) electrons. The second-order valence-corrected chi connectivity index (χ2v) is 7.93. The van der Waals surface area contributed by atoms with E-state index in [1.54, 1.807) is 52.0 Å². The highest BCUT2D eigenvalue weighted by Crippen LogP contribution is 2.19. The largest absolute Gasteiger partial charge is 0.465 e. The van der Waals surface area contributed by atoms with Crippen LogP contribution in [0.5, 0.6) is 0 Å². The molecule has 0 unspecified atom stereocenters. The summed E-state index contributed by atoms with van der Waals surface area (Å²) in [6.45, 7) is 6.59. The summed E-state index contributed by atoms with van der Waals surface area (Å²) in [4.78, 5) is 48.3. The second kappa shape index (κ2) is 9.88. The molecule has 0 saturated carbocycles. The molecule has 0 aliphatic rings. The number of nitrogens with one attached hydrogen (secondary N) is 2. The van der Waals surface area contributed by atoms with E-state index in [0.29, 0.717) is 11.4 Å². The third kappa shape index (κ3) is 6.67. The van der Waals surface area contributed by atoms with Crippen LogP contribution in [0.4, 0.5) is 11.4 Å². The van der Waals surface area contributed by atoms with Gasteiger partial charge < -0.3 is 20.1 Å². The summed E-state index contributed by atoms with van der Waals surface area (Å²) in [5.74, 6) is -1.99. The molecular formula is C23H26N2O6. The SMILES string of the molecule is COC(=O)c1ccc(C)c(NC(=O)COC(=O)c2cccc(NC(=O)C(C)(C)C)c2)c1. The van der Waals surface area contributed by atoms with Gasteiger partial charge in [-0.25, -0.2) is 9.59 Å². The fourth-order valence-corrected chi connectivity index (χ4v) is 2.44. The summed E-state index contributed by atoms with van der Waals surface area (Å²) >= 11 is 0. The Balaban J connectivity index is 1.99. The van der Waals surface area contributed by atoms with E-state index in [-0.39, 0.29) is 17.0 Å². The van der Waals surface area contributed by atoms with Gasteiger partial charge in [-0.1, -0.05) is 32.9 Å². The zero-order valence-corrected chi connectivity index (χ0v) is 18.2. The molecule has 0 bridgehead atoms. The number of hydrogen-bond acceptors (Lipinski definition) is 6. The molecular weight excluding hydrogens is 400 g/mol. The molecule has 2 amide bonds. The van der Waals surface area contributed by atoms with E-state index in [2.05, 4.69) is 15.4 Å². The molecule has 0 fully saturated rings. The van der Waals surface area contributed by atoms with Crippen LogP contribution in [0.3, 0.4) is 0 Å². The van der Waals surface area contributed by atoms with Crippen LogP contribution in [0.2, 0.25) is 0 Å². The van der Waals surface area contributed by atoms with Gasteiger partial charge in [0.05, 0.1) is 18.2 Å². The number of esters is 2. The van der Waals surface area contributed by atoms with Crippen LogP contribution in [-0.4, -0.2) is 37.5 Å². The van der Waals surface area contributed by atoms with Crippen molar-refractivity contribution in [1.29, 1.82) is 0 Å². The standard InChI is InChI=1S/C23H26N2O6/c1-14-9-10-16(20(27)30-5)12-18(14)25-19(26)13-31-21(28)15-7-6-8-17(11-15)24-22(29)23(2,3)4/h6-12H,13H2,1-5H3,(H,24,29)(H,25,26). The van der Waals surface area contributed by atoms with Crippen LogP contribution in [0.25, 0.3) is 0 Å². The van der Waals surface area contributed by atoms with Crippen molar-refractivity contribution in [3.8, 4) is 0 Å². The number of ether oxygens (including phenoxy) is 2. The number of amides is 2. The number of aryl methyl sites for hydroxylation is 1. The van der Waals surface area contributed by atoms with Gasteiger partial charge in [0, 0.05) is 16.8 Å². The van der Waals surface area contributed by atoms with Gasteiger partial charge in [-0.05, 0) is 42.8 Å². The van der Waals surface area contributed by atoms with Crippen molar-refractivity contribution in [3.63, 3.8) is 0 Å². The molecule has 2 aromatic rings. The fraction of sp³-hybridized carbons (Fsp3) is 0.304. The maximum atomic E-state index is 12.3. The van der Waals surface area contributed by atoms with E-state index in [1.807, 2.05) is 0 Å². The van der Waals surface area contributed by atoms with E-state index in [1.165, 1.54) is 25.3 Å². The highest BCUT2D eigenvalue weighted by molar-refractivity contribution is 5.99. The lowest BCUT2D eigenvalue weighted by Gasteiger charge is -2.17. The Kier molecular flexibility index (Phi) is 7.52. The van der Waals surface area contributed by atoms with Crippen molar-refractivity contribution in [1.82, 2.24) is 0 Å². The quantitative estimate of drug-likeness (QED) is 0.684. The fourth-order valence-electron chi connectivity index (χ4n) is 2.44. The Labute approximate surface area is 180 Å². The van der Waals surface area contributed by atoms with Crippen molar-refractivity contribution < 1.29 is 28.7 Å². The number of methoxy groups -OCH3 is 1. The molecule has 8 heteroatoms. The first kappa shape index (κ1) is 23.6. The Morgan fingerprint density at radius 2 is 1.58 bits per heavy atom. The maximum Gasteiger partial charge on any atom is 0.338 e. The number of carbonyl (C=O) groups excluding carboxylic acids is 4. The number of rotatable bonds is 6. The average Bonchev–Trinajstić information content (AvgIpc) is 2.72. The minimum absolute atomic E-state index is 0.193. The summed E-state index contributed by atoms with van der Waals surface area (Å²) in [6.07, 6.45) is 0. The van der Waals surface area contributed by atoms with E-state index < -0.39 is 29.9 Å². The Bertz CT molecular complexity index is 1010. The van der Waals surface area contributed by atoms with Crippen molar-refractivity contribution in [3.05, 3.63) is 59.2 Å². The third-order valence-corrected chi connectivity index (χ3v) is 4.30. The molecule has 2 rings (SSSR count). The van der Waals surface area contributed by atoms with Gasteiger partial charge >= 0.3 is 11.9 Å². The molecule has 0 atom stereocenters. The first-order valence-electron chi connectivity index (χ1n) is 9.58. The topological polar surface area (TPSA) is 111 Å². The zero-order chi connectivity index (χ0) is 23.2. The number of benzene rings is 2.